The van der Waals surface area contributed by atoms with Crippen molar-refractivity contribution in [2.24, 2.45) is 0 Å². The highest BCUT2D eigenvalue weighted by Crippen LogP contribution is 2.29. The predicted molar refractivity (Wildman–Crippen MR) is 83.9 cm³/mol. The Morgan fingerprint density at radius 2 is 1.95 bits per heavy atom. The molecule has 3 rings (SSSR count). The van der Waals surface area contributed by atoms with Gasteiger partial charge in [-0.2, -0.15) is 0 Å². The minimum absolute atomic E-state index is 0.800. The fraction of sp³-hybridized carbons (Fsp3) is 0.333. The van der Waals surface area contributed by atoms with Gasteiger partial charge in [-0.15, -0.1) is 11.3 Å². The predicted octanol–water partition coefficient (Wildman–Crippen LogP) is 3.54. The lowest BCUT2D eigenvalue weighted by atomic mass is 10.2. The zero-order chi connectivity index (χ0) is 13.1. The number of nitrogens with zero attached hydrogens (tertiary/aromatic N) is 1. The molecule has 19 heavy (non-hydrogen) atoms. The summed E-state index contributed by atoms with van der Waals surface area (Å²) in [5.41, 5.74) is 9.33. The molecule has 1 fully saturated rings. The van der Waals surface area contributed by atoms with Crippen molar-refractivity contribution in [3.63, 3.8) is 0 Å². The van der Waals surface area contributed by atoms with Crippen LogP contribution in [0.1, 0.15) is 17.7 Å². The van der Waals surface area contributed by atoms with E-state index in [1.807, 2.05) is 11.4 Å². The van der Waals surface area contributed by atoms with Crippen molar-refractivity contribution in [3.05, 3.63) is 40.6 Å². The third-order valence-electron chi connectivity index (χ3n) is 3.57. The molecule has 0 radical (unpaired) electrons. The molecular formula is C15H19N3S. The van der Waals surface area contributed by atoms with E-state index in [-0.39, 0.29) is 0 Å². The van der Waals surface area contributed by atoms with Crippen molar-refractivity contribution in [3.8, 4) is 0 Å². The topological polar surface area (TPSA) is 41.3 Å². The van der Waals surface area contributed by atoms with Gasteiger partial charge in [0.2, 0.25) is 0 Å². The van der Waals surface area contributed by atoms with Gasteiger partial charge in [0.25, 0.3) is 0 Å². The third-order valence-corrected chi connectivity index (χ3v) is 4.51. The summed E-state index contributed by atoms with van der Waals surface area (Å²) < 4.78 is 0. The van der Waals surface area contributed by atoms with Gasteiger partial charge >= 0.3 is 0 Å². The molecule has 0 atom stereocenters. The lowest BCUT2D eigenvalue weighted by Gasteiger charge is -2.21. The van der Waals surface area contributed by atoms with Crippen molar-refractivity contribution in [1.29, 1.82) is 0 Å². The Morgan fingerprint density at radius 1 is 1.16 bits per heavy atom. The second-order valence-electron chi connectivity index (χ2n) is 4.86. The Balaban J connectivity index is 1.75. The van der Waals surface area contributed by atoms with Crippen molar-refractivity contribution >= 4 is 28.4 Å². The third kappa shape index (κ3) is 2.68. The number of nitrogen functional groups attached to an aromatic ring is 1. The average molecular weight is 273 g/mol. The maximum absolute atomic E-state index is 5.92. The first-order valence-corrected chi connectivity index (χ1v) is 7.62. The number of thiophene rings is 1. The average Bonchev–Trinajstić information content (AvgIpc) is 3.08. The van der Waals surface area contributed by atoms with Crippen molar-refractivity contribution in [2.75, 3.05) is 29.0 Å². The van der Waals surface area contributed by atoms with Gasteiger partial charge in [0.05, 0.1) is 17.9 Å². The summed E-state index contributed by atoms with van der Waals surface area (Å²) in [6, 6.07) is 10.5. The maximum atomic E-state index is 5.92. The Morgan fingerprint density at radius 3 is 2.68 bits per heavy atom. The molecule has 2 heterocycles. The molecule has 1 aliphatic heterocycles. The van der Waals surface area contributed by atoms with Gasteiger partial charge in [0.15, 0.2) is 0 Å². The maximum Gasteiger partial charge on any atom is 0.0602 e. The number of anilines is 3. The minimum atomic E-state index is 0.800. The highest BCUT2D eigenvalue weighted by Gasteiger charge is 2.15. The standard InChI is InChI=1S/C15H19N3S/c16-12-7-10-19-15(12)11-17-13-5-1-2-6-14(13)18-8-3-4-9-18/h1-2,5-7,10,17H,3-4,8-9,11,16H2. The lowest BCUT2D eigenvalue weighted by molar-refractivity contribution is 0.949. The molecule has 4 heteroatoms. The number of benzene rings is 1. The first kappa shape index (κ1) is 12.4. The highest BCUT2D eigenvalue weighted by molar-refractivity contribution is 7.10. The van der Waals surface area contributed by atoms with Crippen LogP contribution in [0.3, 0.4) is 0 Å². The number of rotatable bonds is 4. The van der Waals surface area contributed by atoms with Crippen LogP contribution in [0.25, 0.3) is 0 Å². The Bertz CT molecular complexity index is 544. The van der Waals surface area contributed by atoms with E-state index in [1.54, 1.807) is 11.3 Å². The summed E-state index contributed by atoms with van der Waals surface area (Å²) in [6.07, 6.45) is 2.60. The van der Waals surface area contributed by atoms with Crippen LogP contribution >= 0.6 is 11.3 Å². The molecule has 0 saturated carbocycles. The fourth-order valence-electron chi connectivity index (χ4n) is 2.53. The fourth-order valence-corrected chi connectivity index (χ4v) is 3.27. The zero-order valence-electron chi connectivity index (χ0n) is 10.9. The van der Waals surface area contributed by atoms with Crippen LogP contribution in [0.15, 0.2) is 35.7 Å². The van der Waals surface area contributed by atoms with Crippen molar-refractivity contribution in [2.45, 2.75) is 19.4 Å². The smallest absolute Gasteiger partial charge is 0.0602 e. The van der Waals surface area contributed by atoms with E-state index in [1.165, 1.54) is 42.2 Å². The van der Waals surface area contributed by atoms with E-state index in [2.05, 4.69) is 34.5 Å². The zero-order valence-corrected chi connectivity index (χ0v) is 11.7. The number of nitrogens with one attached hydrogen (secondary N) is 1. The van der Waals surface area contributed by atoms with E-state index >= 15 is 0 Å². The van der Waals surface area contributed by atoms with Crippen LogP contribution in [0, 0.1) is 0 Å². The molecule has 3 nitrogen and oxygen atoms in total. The van der Waals surface area contributed by atoms with Crippen LogP contribution in [0.4, 0.5) is 17.1 Å². The Labute approximate surface area is 118 Å². The molecule has 100 valence electrons. The van der Waals surface area contributed by atoms with Gasteiger partial charge in [-0.3, -0.25) is 0 Å². The van der Waals surface area contributed by atoms with Crippen molar-refractivity contribution < 1.29 is 0 Å². The second kappa shape index (κ2) is 5.53. The summed E-state index contributed by atoms with van der Waals surface area (Å²) >= 11 is 1.71. The SMILES string of the molecule is Nc1ccsc1CNc1ccccc1N1CCCC1. The second-order valence-corrected chi connectivity index (χ2v) is 5.86. The van der Waals surface area contributed by atoms with Gasteiger partial charge in [0, 0.05) is 23.7 Å². The Hall–Kier alpha value is -1.68. The van der Waals surface area contributed by atoms with Crippen LogP contribution in [0.5, 0.6) is 0 Å². The van der Waals surface area contributed by atoms with Gasteiger partial charge in [-0.1, -0.05) is 12.1 Å². The molecule has 1 aromatic heterocycles. The van der Waals surface area contributed by atoms with Crippen molar-refractivity contribution in [1.82, 2.24) is 0 Å². The molecule has 0 spiro atoms. The summed E-state index contributed by atoms with van der Waals surface area (Å²) in [5, 5.41) is 5.56. The van der Waals surface area contributed by atoms with Gasteiger partial charge in [-0.25, -0.2) is 0 Å². The monoisotopic (exact) mass is 273 g/mol. The first-order valence-electron chi connectivity index (χ1n) is 6.74. The molecular weight excluding hydrogens is 254 g/mol. The van der Waals surface area contributed by atoms with Crippen LogP contribution in [-0.2, 0) is 6.54 Å². The van der Waals surface area contributed by atoms with Gasteiger partial charge in [-0.05, 0) is 36.4 Å². The van der Waals surface area contributed by atoms with Crippen LogP contribution < -0.4 is 16.0 Å². The summed E-state index contributed by atoms with van der Waals surface area (Å²) in [7, 11) is 0. The number of hydrogen-bond acceptors (Lipinski definition) is 4. The quantitative estimate of drug-likeness (QED) is 0.895. The van der Waals surface area contributed by atoms with Crippen LogP contribution in [0.2, 0.25) is 0 Å². The largest absolute Gasteiger partial charge is 0.398 e. The minimum Gasteiger partial charge on any atom is -0.398 e. The molecule has 1 aliphatic rings. The Kier molecular flexibility index (Phi) is 3.60. The first-order chi connectivity index (χ1) is 9.34. The summed E-state index contributed by atoms with van der Waals surface area (Å²) in [6.45, 7) is 3.13. The van der Waals surface area contributed by atoms with E-state index in [9.17, 15) is 0 Å². The van der Waals surface area contributed by atoms with E-state index in [0.29, 0.717) is 0 Å². The van der Waals surface area contributed by atoms with Gasteiger partial charge < -0.3 is 16.0 Å². The molecule has 0 bridgehead atoms. The highest BCUT2D eigenvalue weighted by atomic mass is 32.1. The molecule has 3 N–H and O–H groups in total. The lowest BCUT2D eigenvalue weighted by Crippen LogP contribution is -2.19. The van der Waals surface area contributed by atoms with Gasteiger partial charge in [0.1, 0.15) is 0 Å². The van der Waals surface area contributed by atoms with E-state index in [4.69, 9.17) is 5.73 Å². The molecule has 2 aromatic rings. The normalized spacial score (nSPS) is 14.8. The number of nitrogens with two attached hydrogens (primary N) is 1. The molecule has 0 aliphatic carbocycles. The molecule has 1 saturated heterocycles. The summed E-state index contributed by atoms with van der Waals surface area (Å²) in [5.74, 6) is 0. The number of hydrogen-bond donors (Lipinski definition) is 2. The molecule has 1 aromatic carbocycles. The summed E-state index contributed by atoms with van der Waals surface area (Å²) in [4.78, 5) is 3.66. The molecule has 0 amide bonds. The van der Waals surface area contributed by atoms with Crippen LogP contribution in [-0.4, -0.2) is 13.1 Å². The van der Waals surface area contributed by atoms with E-state index in [0.717, 1.165) is 12.2 Å². The molecule has 0 unspecified atom stereocenters. The number of para-hydroxylation sites is 2. The van der Waals surface area contributed by atoms with E-state index < -0.39 is 0 Å².